The first kappa shape index (κ1) is 15.7. The molecule has 1 aliphatic rings. The molecule has 1 aliphatic heterocycles. The van der Waals surface area contributed by atoms with E-state index in [9.17, 15) is 9.90 Å². The summed E-state index contributed by atoms with van der Waals surface area (Å²) < 4.78 is 3.98. The fraction of sp³-hybridized carbons (Fsp3) is 0.562. The molecule has 1 N–H and O–H groups in total. The smallest absolute Gasteiger partial charge is 0.222 e. The summed E-state index contributed by atoms with van der Waals surface area (Å²) in [5, 5.41) is 13.5. The standard InChI is InChI=1S/C16H23N5O2/c1-13-17-5-9-19(13)6-2-4-16(23)20-7-3-8-21-15(11-20)10-14(12-22)18-21/h5,9-10,22H,2-4,6-8,11-12H2,1H3. The molecule has 0 atom stereocenters. The van der Waals surface area contributed by atoms with Crippen molar-refractivity contribution in [2.45, 2.75) is 52.4 Å². The van der Waals surface area contributed by atoms with Crippen molar-refractivity contribution < 1.29 is 9.90 Å². The van der Waals surface area contributed by atoms with Crippen LogP contribution in [0.15, 0.2) is 18.5 Å². The van der Waals surface area contributed by atoms with Gasteiger partial charge in [0, 0.05) is 38.4 Å². The number of aromatic nitrogens is 4. The molecule has 2 aromatic rings. The number of carbonyl (C=O) groups is 1. The Bertz CT molecular complexity index is 676. The number of hydrogen-bond acceptors (Lipinski definition) is 4. The van der Waals surface area contributed by atoms with Crippen LogP contribution in [0.1, 0.15) is 36.5 Å². The number of imidazole rings is 1. The SMILES string of the molecule is Cc1nccn1CCCC(=O)N1CCCn2nc(CO)cc2C1. The summed E-state index contributed by atoms with van der Waals surface area (Å²) in [6.45, 7) is 4.87. The van der Waals surface area contributed by atoms with Gasteiger partial charge in [-0.2, -0.15) is 5.10 Å². The average molecular weight is 317 g/mol. The fourth-order valence-electron chi connectivity index (χ4n) is 3.01. The molecule has 0 spiro atoms. The summed E-state index contributed by atoms with van der Waals surface area (Å²) in [5.74, 6) is 1.16. The van der Waals surface area contributed by atoms with Crippen molar-refractivity contribution in [1.82, 2.24) is 24.2 Å². The van der Waals surface area contributed by atoms with Gasteiger partial charge in [-0.3, -0.25) is 9.48 Å². The van der Waals surface area contributed by atoms with Crippen LogP contribution in [0.3, 0.4) is 0 Å². The number of fused-ring (bicyclic) bond motifs is 1. The van der Waals surface area contributed by atoms with Crippen molar-refractivity contribution in [3.8, 4) is 0 Å². The lowest BCUT2D eigenvalue weighted by Gasteiger charge is -2.20. The Morgan fingerprint density at radius 2 is 2.26 bits per heavy atom. The van der Waals surface area contributed by atoms with Gasteiger partial charge in [-0.15, -0.1) is 0 Å². The maximum atomic E-state index is 12.5. The molecule has 1 amide bonds. The van der Waals surface area contributed by atoms with Gasteiger partial charge in [0.15, 0.2) is 0 Å². The third-order valence-corrected chi connectivity index (χ3v) is 4.29. The summed E-state index contributed by atoms with van der Waals surface area (Å²) in [6.07, 6.45) is 5.98. The van der Waals surface area contributed by atoms with E-state index in [1.807, 2.05) is 28.8 Å². The first-order chi connectivity index (χ1) is 11.2. The van der Waals surface area contributed by atoms with Gasteiger partial charge in [-0.05, 0) is 25.8 Å². The van der Waals surface area contributed by atoms with E-state index in [4.69, 9.17) is 0 Å². The van der Waals surface area contributed by atoms with E-state index in [1.165, 1.54) is 0 Å². The second-order valence-electron chi connectivity index (χ2n) is 5.95. The second kappa shape index (κ2) is 6.95. The van der Waals surface area contributed by atoms with Crippen molar-refractivity contribution in [3.63, 3.8) is 0 Å². The molecule has 0 saturated heterocycles. The summed E-state index contributed by atoms with van der Waals surface area (Å²) in [7, 11) is 0. The number of aryl methyl sites for hydroxylation is 3. The fourth-order valence-corrected chi connectivity index (χ4v) is 3.01. The van der Waals surface area contributed by atoms with Crippen LogP contribution in [0.2, 0.25) is 0 Å². The van der Waals surface area contributed by atoms with Gasteiger partial charge in [0.25, 0.3) is 0 Å². The van der Waals surface area contributed by atoms with E-state index in [-0.39, 0.29) is 12.5 Å². The van der Waals surface area contributed by atoms with Gasteiger partial charge in [-0.1, -0.05) is 0 Å². The largest absolute Gasteiger partial charge is 0.390 e. The zero-order valence-electron chi connectivity index (χ0n) is 13.5. The molecule has 7 nitrogen and oxygen atoms in total. The van der Waals surface area contributed by atoms with E-state index in [0.29, 0.717) is 18.7 Å². The first-order valence-electron chi connectivity index (χ1n) is 8.09. The van der Waals surface area contributed by atoms with Crippen molar-refractivity contribution in [2.24, 2.45) is 0 Å². The van der Waals surface area contributed by atoms with Crippen LogP contribution in [0.25, 0.3) is 0 Å². The first-order valence-corrected chi connectivity index (χ1v) is 8.09. The molecule has 0 radical (unpaired) electrons. The summed E-state index contributed by atoms with van der Waals surface area (Å²) in [4.78, 5) is 18.6. The lowest BCUT2D eigenvalue weighted by Crippen LogP contribution is -2.30. The van der Waals surface area contributed by atoms with E-state index in [1.54, 1.807) is 6.20 Å². The van der Waals surface area contributed by atoms with Crippen molar-refractivity contribution in [3.05, 3.63) is 35.7 Å². The minimum atomic E-state index is -0.0573. The van der Waals surface area contributed by atoms with Gasteiger partial charge in [-0.25, -0.2) is 4.98 Å². The van der Waals surface area contributed by atoms with Crippen LogP contribution in [-0.2, 0) is 31.0 Å². The number of rotatable bonds is 5. The highest BCUT2D eigenvalue weighted by Gasteiger charge is 2.20. The molecular formula is C16H23N5O2. The number of aliphatic hydroxyl groups excluding tert-OH is 1. The molecule has 0 unspecified atom stereocenters. The van der Waals surface area contributed by atoms with Gasteiger partial charge >= 0.3 is 0 Å². The summed E-state index contributed by atoms with van der Waals surface area (Å²) in [6, 6.07) is 1.89. The highest BCUT2D eigenvalue weighted by molar-refractivity contribution is 5.76. The maximum Gasteiger partial charge on any atom is 0.222 e. The molecule has 7 heteroatoms. The topological polar surface area (TPSA) is 76.2 Å². The van der Waals surface area contributed by atoms with Gasteiger partial charge in [0.2, 0.25) is 5.91 Å². The van der Waals surface area contributed by atoms with Crippen LogP contribution >= 0.6 is 0 Å². The Labute approximate surface area is 135 Å². The third kappa shape index (κ3) is 3.61. The quantitative estimate of drug-likeness (QED) is 0.896. The highest BCUT2D eigenvalue weighted by atomic mass is 16.3. The minimum Gasteiger partial charge on any atom is -0.390 e. The molecule has 3 heterocycles. The maximum absolute atomic E-state index is 12.5. The van der Waals surface area contributed by atoms with E-state index >= 15 is 0 Å². The molecule has 0 aliphatic carbocycles. The second-order valence-corrected chi connectivity index (χ2v) is 5.95. The highest BCUT2D eigenvalue weighted by Crippen LogP contribution is 2.15. The Morgan fingerprint density at radius 1 is 1.39 bits per heavy atom. The predicted molar refractivity (Wildman–Crippen MR) is 84.4 cm³/mol. The zero-order chi connectivity index (χ0) is 16.2. The summed E-state index contributed by atoms with van der Waals surface area (Å²) >= 11 is 0. The molecule has 0 saturated carbocycles. The summed E-state index contributed by atoms with van der Waals surface area (Å²) in [5.41, 5.74) is 1.68. The molecule has 3 rings (SSSR count). The molecule has 0 fully saturated rings. The van der Waals surface area contributed by atoms with Gasteiger partial charge < -0.3 is 14.6 Å². The van der Waals surface area contributed by atoms with Crippen LogP contribution in [0.5, 0.6) is 0 Å². The van der Waals surface area contributed by atoms with Crippen LogP contribution in [-0.4, -0.2) is 41.8 Å². The predicted octanol–water partition coefficient (Wildman–Crippen LogP) is 1.09. The van der Waals surface area contributed by atoms with Crippen molar-refractivity contribution in [1.29, 1.82) is 0 Å². The minimum absolute atomic E-state index is 0.0573. The van der Waals surface area contributed by atoms with Crippen molar-refractivity contribution in [2.75, 3.05) is 6.54 Å². The Hall–Kier alpha value is -2.15. The number of carbonyl (C=O) groups excluding carboxylic acids is 1. The van der Waals surface area contributed by atoms with E-state index in [2.05, 4.69) is 14.6 Å². The van der Waals surface area contributed by atoms with E-state index in [0.717, 1.165) is 44.0 Å². The molecule has 0 aromatic carbocycles. The van der Waals surface area contributed by atoms with Crippen molar-refractivity contribution >= 4 is 5.91 Å². The Kier molecular flexibility index (Phi) is 4.76. The monoisotopic (exact) mass is 317 g/mol. The third-order valence-electron chi connectivity index (χ3n) is 4.29. The van der Waals surface area contributed by atoms with E-state index < -0.39 is 0 Å². The number of nitrogens with zero attached hydrogens (tertiary/aromatic N) is 5. The van der Waals surface area contributed by atoms with Crippen LogP contribution < -0.4 is 0 Å². The van der Waals surface area contributed by atoms with Crippen LogP contribution in [0, 0.1) is 6.92 Å². The molecular weight excluding hydrogens is 294 g/mol. The lowest BCUT2D eigenvalue weighted by atomic mass is 10.2. The molecule has 0 bridgehead atoms. The zero-order valence-corrected chi connectivity index (χ0v) is 13.5. The van der Waals surface area contributed by atoms with Crippen LogP contribution in [0.4, 0.5) is 0 Å². The molecule has 124 valence electrons. The Balaban J connectivity index is 1.55. The Morgan fingerprint density at radius 3 is 3.00 bits per heavy atom. The molecule has 23 heavy (non-hydrogen) atoms. The average Bonchev–Trinajstić information content (AvgIpc) is 3.07. The molecule has 2 aromatic heterocycles. The lowest BCUT2D eigenvalue weighted by molar-refractivity contribution is -0.131. The number of hydrogen-bond donors (Lipinski definition) is 1. The number of amides is 1. The van der Waals surface area contributed by atoms with Gasteiger partial charge in [0.05, 0.1) is 24.5 Å². The normalized spacial score (nSPS) is 14.6. The number of aliphatic hydroxyl groups is 1. The van der Waals surface area contributed by atoms with Gasteiger partial charge in [0.1, 0.15) is 5.82 Å².